The number of H-pyrrole nitrogens is 1. The average Bonchev–Trinajstić information content (AvgIpc) is 3.09. The molecule has 3 aromatic carbocycles. The molecule has 0 aliphatic carbocycles. The number of aromatic hydroxyl groups is 1. The Hall–Kier alpha value is -5.31. The molecule has 0 unspecified atom stereocenters. The normalized spacial score (nSPS) is 14.0. The zero-order valence-corrected chi connectivity index (χ0v) is 27.9. The van der Waals surface area contributed by atoms with Crippen LogP contribution in [0.5, 0.6) is 28.9 Å². The Kier molecular flexibility index (Phi) is 10.4. The van der Waals surface area contributed by atoms with Crippen LogP contribution in [0.15, 0.2) is 75.4 Å². The molecule has 50 heavy (non-hydrogen) atoms. The summed E-state index contributed by atoms with van der Waals surface area (Å²) in [5, 5.41) is 11.0. The summed E-state index contributed by atoms with van der Waals surface area (Å²) in [6.45, 7) is 5.64. The van der Waals surface area contributed by atoms with Gasteiger partial charge in [0, 0.05) is 62.7 Å². The second kappa shape index (κ2) is 15.1. The third-order valence-corrected chi connectivity index (χ3v) is 8.51. The standard InChI is InChI=1S/C35H33ClF2N6O6/c1-42-11-13-43(14-12-42)10-3-15-49-32-19-28-23(18-31(32)48-2)29(8-9-39-28)50-30-7-4-21(16-27(30)38)40-20-24-33(45)41-35(47)44(34(24)46)22-5-6-26(37)25(36)17-22/h4-9,16-20,46H,3,10-15H2,1-2H3,(H,41,45,47). The lowest BCUT2D eigenvalue weighted by Crippen LogP contribution is -2.44. The molecule has 0 bridgehead atoms. The zero-order chi connectivity index (χ0) is 35.4. The first-order valence-electron chi connectivity index (χ1n) is 15.7. The van der Waals surface area contributed by atoms with Gasteiger partial charge < -0.3 is 29.1 Å². The summed E-state index contributed by atoms with van der Waals surface area (Å²) in [5.74, 6) is -1.04. The second-order valence-corrected chi connectivity index (χ2v) is 12.0. The number of aliphatic imine (C=N–C) groups is 1. The Morgan fingerprint density at radius 1 is 0.980 bits per heavy atom. The molecule has 2 N–H and O–H groups in total. The van der Waals surface area contributed by atoms with Gasteiger partial charge in [0.15, 0.2) is 23.1 Å². The van der Waals surface area contributed by atoms with Gasteiger partial charge in [-0.15, -0.1) is 0 Å². The van der Waals surface area contributed by atoms with E-state index in [1.807, 2.05) is 0 Å². The van der Waals surface area contributed by atoms with Crippen molar-refractivity contribution in [3.8, 4) is 34.6 Å². The van der Waals surface area contributed by atoms with Crippen LogP contribution in [0, 0.1) is 11.6 Å². The van der Waals surface area contributed by atoms with Gasteiger partial charge in [-0.1, -0.05) is 11.6 Å². The minimum Gasteiger partial charge on any atom is -0.493 e. The maximum absolute atomic E-state index is 15.3. The quantitative estimate of drug-likeness (QED) is 0.139. The molecule has 12 nitrogen and oxygen atoms in total. The van der Waals surface area contributed by atoms with E-state index in [2.05, 4.69) is 31.8 Å². The van der Waals surface area contributed by atoms with Gasteiger partial charge in [0.2, 0.25) is 5.88 Å². The number of nitrogens with zero attached hydrogens (tertiary/aromatic N) is 5. The molecular formula is C35H33ClF2N6O6. The van der Waals surface area contributed by atoms with E-state index >= 15 is 4.39 Å². The molecule has 1 aliphatic rings. The minimum atomic E-state index is -0.985. The highest BCUT2D eigenvalue weighted by molar-refractivity contribution is 6.30. The number of aromatic amines is 1. The van der Waals surface area contributed by atoms with Crippen LogP contribution in [-0.2, 0) is 0 Å². The molecule has 1 aliphatic heterocycles. The molecule has 15 heteroatoms. The number of piperazine rings is 1. The van der Waals surface area contributed by atoms with E-state index in [-0.39, 0.29) is 22.1 Å². The van der Waals surface area contributed by atoms with Crippen molar-refractivity contribution in [1.82, 2.24) is 24.3 Å². The molecule has 1 saturated heterocycles. The molecule has 0 spiro atoms. The summed E-state index contributed by atoms with van der Waals surface area (Å²) in [7, 11) is 3.66. The van der Waals surface area contributed by atoms with E-state index in [4.69, 9.17) is 25.8 Å². The van der Waals surface area contributed by atoms with Gasteiger partial charge >= 0.3 is 5.69 Å². The summed E-state index contributed by atoms with van der Waals surface area (Å²) >= 11 is 5.82. The van der Waals surface area contributed by atoms with E-state index in [1.54, 1.807) is 24.4 Å². The lowest BCUT2D eigenvalue weighted by atomic mass is 10.1. The predicted octanol–water partition coefficient (Wildman–Crippen LogP) is 5.28. The Bertz CT molecular complexity index is 2180. The number of halogens is 3. The lowest BCUT2D eigenvalue weighted by Gasteiger charge is -2.32. The van der Waals surface area contributed by atoms with Crippen molar-refractivity contribution in [2.45, 2.75) is 6.42 Å². The highest BCUT2D eigenvalue weighted by atomic mass is 35.5. The summed E-state index contributed by atoms with van der Waals surface area (Å²) in [4.78, 5) is 40.3. The maximum Gasteiger partial charge on any atom is 0.335 e. The third kappa shape index (κ3) is 7.62. The van der Waals surface area contributed by atoms with Gasteiger partial charge in [-0.2, -0.15) is 0 Å². The predicted molar refractivity (Wildman–Crippen MR) is 185 cm³/mol. The highest BCUT2D eigenvalue weighted by Crippen LogP contribution is 2.38. The van der Waals surface area contributed by atoms with Gasteiger partial charge in [-0.3, -0.25) is 19.8 Å². The van der Waals surface area contributed by atoms with E-state index in [0.717, 1.165) is 68.1 Å². The number of hydrogen-bond donors (Lipinski definition) is 2. The molecule has 5 aromatic rings. The lowest BCUT2D eigenvalue weighted by molar-refractivity contribution is 0.145. The van der Waals surface area contributed by atoms with Crippen molar-refractivity contribution in [2.75, 3.05) is 53.5 Å². The maximum atomic E-state index is 15.3. The van der Waals surface area contributed by atoms with Crippen molar-refractivity contribution < 1.29 is 28.1 Å². The summed E-state index contributed by atoms with van der Waals surface area (Å²) in [6.07, 6.45) is 3.37. The van der Waals surface area contributed by atoms with E-state index in [0.29, 0.717) is 34.8 Å². The molecule has 2 aromatic heterocycles. The van der Waals surface area contributed by atoms with Gasteiger partial charge in [0.1, 0.15) is 17.1 Å². The zero-order valence-electron chi connectivity index (χ0n) is 27.2. The second-order valence-electron chi connectivity index (χ2n) is 11.6. The fourth-order valence-electron chi connectivity index (χ4n) is 5.46. The number of methoxy groups -OCH3 is 1. The molecule has 0 atom stereocenters. The number of fused-ring (bicyclic) bond motifs is 1. The Balaban J connectivity index is 1.17. The smallest absolute Gasteiger partial charge is 0.335 e. The first-order chi connectivity index (χ1) is 24.1. The summed E-state index contributed by atoms with van der Waals surface area (Å²) in [5.41, 5.74) is -1.69. The molecule has 0 amide bonds. The molecular weight excluding hydrogens is 674 g/mol. The Morgan fingerprint density at radius 3 is 2.52 bits per heavy atom. The SMILES string of the molecule is COc1cc2c(Oc3ccc(N=Cc4c(O)n(-c5ccc(F)c(Cl)c5)c(=O)[nH]c4=O)cc3F)ccnc2cc1OCCCN1CCN(C)CC1. The van der Waals surface area contributed by atoms with Gasteiger partial charge in [0.25, 0.3) is 5.56 Å². The average molecular weight is 707 g/mol. The van der Waals surface area contributed by atoms with Crippen molar-refractivity contribution in [3.05, 3.63) is 104 Å². The van der Waals surface area contributed by atoms with Gasteiger partial charge in [-0.05, 0) is 55.9 Å². The summed E-state index contributed by atoms with van der Waals surface area (Å²) < 4.78 is 47.3. The molecule has 260 valence electrons. The van der Waals surface area contributed by atoms with Crippen LogP contribution >= 0.6 is 11.6 Å². The van der Waals surface area contributed by atoms with E-state index in [9.17, 15) is 19.1 Å². The number of likely N-dealkylation sites (N-methyl/N-ethyl adjacent to an activating group) is 1. The van der Waals surface area contributed by atoms with Crippen LogP contribution in [0.1, 0.15) is 12.0 Å². The fraction of sp³-hybridized carbons (Fsp3) is 0.257. The van der Waals surface area contributed by atoms with Crippen LogP contribution in [0.2, 0.25) is 5.02 Å². The van der Waals surface area contributed by atoms with E-state index in [1.165, 1.54) is 25.3 Å². The number of rotatable bonds is 11. The molecule has 0 saturated carbocycles. The molecule has 1 fully saturated rings. The van der Waals surface area contributed by atoms with Crippen LogP contribution in [0.4, 0.5) is 14.5 Å². The van der Waals surface area contributed by atoms with Crippen LogP contribution in [0.3, 0.4) is 0 Å². The molecule has 6 rings (SSSR count). The Labute approximate surface area is 289 Å². The van der Waals surface area contributed by atoms with Crippen LogP contribution in [0.25, 0.3) is 16.6 Å². The van der Waals surface area contributed by atoms with Crippen molar-refractivity contribution in [2.24, 2.45) is 4.99 Å². The van der Waals surface area contributed by atoms with Gasteiger partial charge in [0.05, 0.1) is 35.6 Å². The van der Waals surface area contributed by atoms with Crippen molar-refractivity contribution in [1.29, 1.82) is 0 Å². The first kappa shape index (κ1) is 34.5. The van der Waals surface area contributed by atoms with Crippen LogP contribution < -0.4 is 25.5 Å². The van der Waals surface area contributed by atoms with E-state index < -0.39 is 34.3 Å². The fourth-order valence-corrected chi connectivity index (χ4v) is 5.64. The number of hydrogen-bond acceptors (Lipinski definition) is 10. The van der Waals surface area contributed by atoms with Crippen LogP contribution in [-0.4, -0.2) is 89.1 Å². The van der Waals surface area contributed by atoms with Crippen molar-refractivity contribution >= 4 is 34.4 Å². The number of benzene rings is 3. The summed E-state index contributed by atoms with van der Waals surface area (Å²) in [6, 6.07) is 12.3. The van der Waals surface area contributed by atoms with Gasteiger partial charge in [-0.25, -0.2) is 18.1 Å². The number of pyridine rings is 1. The monoisotopic (exact) mass is 706 g/mol. The Morgan fingerprint density at radius 2 is 1.78 bits per heavy atom. The number of ether oxygens (including phenoxy) is 3. The largest absolute Gasteiger partial charge is 0.493 e. The molecule has 3 heterocycles. The minimum absolute atomic E-state index is 0.000863. The highest BCUT2D eigenvalue weighted by Gasteiger charge is 2.18. The third-order valence-electron chi connectivity index (χ3n) is 8.22. The number of aromatic nitrogens is 3. The first-order valence-corrected chi connectivity index (χ1v) is 16.0. The topological polar surface area (TPSA) is 135 Å². The molecule has 0 radical (unpaired) electrons. The number of nitrogens with one attached hydrogen (secondary N) is 1. The van der Waals surface area contributed by atoms with Crippen molar-refractivity contribution in [3.63, 3.8) is 0 Å².